The Morgan fingerprint density at radius 2 is 1.90 bits per heavy atom. The van der Waals surface area contributed by atoms with Gasteiger partial charge in [-0.25, -0.2) is 4.79 Å². The van der Waals surface area contributed by atoms with Crippen LogP contribution in [0, 0.1) is 6.92 Å². The standard InChI is InChI=1S/C18H18O2S/c1-3-20-18(19)15-9-8-14-10-21-11-16(14)17(15)13-6-4-12(2)5-7-13/h4-9H,3,10-11H2,1-2H3. The Morgan fingerprint density at radius 3 is 2.62 bits per heavy atom. The van der Waals surface area contributed by atoms with Crippen molar-refractivity contribution >= 4 is 17.7 Å². The lowest BCUT2D eigenvalue weighted by Gasteiger charge is -2.14. The summed E-state index contributed by atoms with van der Waals surface area (Å²) >= 11 is 1.90. The molecule has 0 fully saturated rings. The second-order valence-corrected chi connectivity index (χ2v) is 6.19. The third-order valence-electron chi connectivity index (χ3n) is 3.75. The van der Waals surface area contributed by atoms with E-state index < -0.39 is 0 Å². The number of fused-ring (bicyclic) bond motifs is 1. The molecule has 3 heteroatoms. The molecule has 0 amide bonds. The quantitative estimate of drug-likeness (QED) is 0.776. The molecule has 3 rings (SSSR count). The Bertz CT molecular complexity index is 674. The number of ether oxygens (including phenoxy) is 1. The van der Waals surface area contributed by atoms with Gasteiger partial charge in [-0.2, -0.15) is 11.8 Å². The van der Waals surface area contributed by atoms with Crippen LogP contribution in [0.25, 0.3) is 11.1 Å². The van der Waals surface area contributed by atoms with E-state index in [1.807, 2.05) is 24.8 Å². The predicted octanol–water partition coefficient (Wildman–Crippen LogP) is 4.59. The minimum Gasteiger partial charge on any atom is -0.462 e. The lowest BCUT2D eigenvalue weighted by Crippen LogP contribution is -2.08. The fourth-order valence-corrected chi connectivity index (χ4v) is 3.81. The van der Waals surface area contributed by atoms with Crippen molar-refractivity contribution in [1.82, 2.24) is 0 Å². The highest BCUT2D eigenvalue weighted by molar-refractivity contribution is 7.98. The number of carbonyl (C=O) groups is 1. The zero-order chi connectivity index (χ0) is 14.8. The summed E-state index contributed by atoms with van der Waals surface area (Å²) in [4.78, 5) is 12.3. The Kier molecular flexibility index (Phi) is 4.02. The van der Waals surface area contributed by atoms with Crippen LogP contribution in [-0.2, 0) is 16.2 Å². The van der Waals surface area contributed by atoms with Gasteiger partial charge in [0, 0.05) is 17.1 Å². The second kappa shape index (κ2) is 5.94. The van der Waals surface area contributed by atoms with Gasteiger partial charge in [0.25, 0.3) is 0 Å². The van der Waals surface area contributed by atoms with Crippen LogP contribution in [0.4, 0.5) is 0 Å². The van der Waals surface area contributed by atoms with Gasteiger partial charge in [-0.1, -0.05) is 35.9 Å². The molecule has 0 saturated heterocycles. The molecule has 0 aromatic heterocycles. The summed E-state index contributed by atoms with van der Waals surface area (Å²) in [6.45, 7) is 4.31. The number of hydrogen-bond acceptors (Lipinski definition) is 3. The van der Waals surface area contributed by atoms with Crippen LogP contribution >= 0.6 is 11.8 Å². The van der Waals surface area contributed by atoms with Crippen LogP contribution < -0.4 is 0 Å². The molecule has 0 saturated carbocycles. The van der Waals surface area contributed by atoms with Gasteiger partial charge in [0.05, 0.1) is 12.2 Å². The van der Waals surface area contributed by atoms with E-state index in [-0.39, 0.29) is 5.97 Å². The first-order chi connectivity index (χ1) is 10.2. The number of aryl methyl sites for hydroxylation is 1. The van der Waals surface area contributed by atoms with Crippen molar-refractivity contribution in [3.63, 3.8) is 0 Å². The second-order valence-electron chi connectivity index (χ2n) is 5.21. The summed E-state index contributed by atoms with van der Waals surface area (Å²) in [6, 6.07) is 12.3. The normalized spacial score (nSPS) is 13.0. The van der Waals surface area contributed by atoms with Crippen LogP contribution in [0.2, 0.25) is 0 Å². The topological polar surface area (TPSA) is 26.3 Å². The molecule has 0 N–H and O–H groups in total. The predicted molar refractivity (Wildman–Crippen MR) is 87.6 cm³/mol. The van der Waals surface area contributed by atoms with Gasteiger partial charge in [-0.05, 0) is 36.6 Å². The van der Waals surface area contributed by atoms with Crippen molar-refractivity contribution in [3.05, 3.63) is 58.7 Å². The molecular formula is C18H18O2S. The Morgan fingerprint density at radius 1 is 1.14 bits per heavy atom. The summed E-state index contributed by atoms with van der Waals surface area (Å²) < 4.78 is 5.23. The fraction of sp³-hybridized carbons (Fsp3) is 0.278. The number of rotatable bonds is 3. The highest BCUT2D eigenvalue weighted by atomic mass is 32.2. The Hall–Kier alpha value is -1.74. The SMILES string of the molecule is CCOC(=O)c1ccc2c(c1-c1ccc(C)cc1)CSC2. The Balaban J connectivity index is 2.17. The van der Waals surface area contributed by atoms with Crippen molar-refractivity contribution in [3.8, 4) is 11.1 Å². The third-order valence-corrected chi connectivity index (χ3v) is 4.76. The summed E-state index contributed by atoms with van der Waals surface area (Å²) in [5.41, 5.74) is 6.68. The molecule has 108 valence electrons. The van der Waals surface area contributed by atoms with E-state index in [0.717, 1.165) is 22.6 Å². The van der Waals surface area contributed by atoms with Crippen LogP contribution in [-0.4, -0.2) is 12.6 Å². The zero-order valence-corrected chi connectivity index (χ0v) is 13.1. The van der Waals surface area contributed by atoms with Crippen molar-refractivity contribution in [2.45, 2.75) is 25.4 Å². The van der Waals surface area contributed by atoms with Gasteiger partial charge in [0.2, 0.25) is 0 Å². The smallest absolute Gasteiger partial charge is 0.338 e. The minimum absolute atomic E-state index is 0.229. The van der Waals surface area contributed by atoms with E-state index in [1.165, 1.54) is 16.7 Å². The minimum atomic E-state index is -0.229. The van der Waals surface area contributed by atoms with Crippen molar-refractivity contribution in [2.24, 2.45) is 0 Å². The fourth-order valence-electron chi connectivity index (χ4n) is 2.68. The molecule has 2 aromatic rings. The van der Waals surface area contributed by atoms with Gasteiger partial charge in [-0.3, -0.25) is 0 Å². The zero-order valence-electron chi connectivity index (χ0n) is 12.3. The van der Waals surface area contributed by atoms with E-state index in [1.54, 1.807) is 0 Å². The number of thioether (sulfide) groups is 1. The molecule has 21 heavy (non-hydrogen) atoms. The van der Waals surface area contributed by atoms with E-state index in [0.29, 0.717) is 12.2 Å². The van der Waals surface area contributed by atoms with Crippen molar-refractivity contribution in [1.29, 1.82) is 0 Å². The molecule has 0 aliphatic carbocycles. The van der Waals surface area contributed by atoms with Crippen LogP contribution in [0.3, 0.4) is 0 Å². The van der Waals surface area contributed by atoms with Crippen LogP contribution in [0.1, 0.15) is 34.0 Å². The van der Waals surface area contributed by atoms with Crippen LogP contribution in [0.5, 0.6) is 0 Å². The van der Waals surface area contributed by atoms with E-state index in [9.17, 15) is 4.79 Å². The number of esters is 1. The molecular weight excluding hydrogens is 280 g/mol. The molecule has 0 spiro atoms. The lowest BCUT2D eigenvalue weighted by molar-refractivity contribution is 0.0527. The van der Waals surface area contributed by atoms with Gasteiger partial charge >= 0.3 is 5.97 Å². The molecule has 0 atom stereocenters. The number of carbonyl (C=O) groups excluding carboxylic acids is 1. The van der Waals surface area contributed by atoms with Crippen molar-refractivity contribution < 1.29 is 9.53 Å². The van der Waals surface area contributed by atoms with E-state index >= 15 is 0 Å². The first kappa shape index (κ1) is 14.2. The molecule has 0 bridgehead atoms. The van der Waals surface area contributed by atoms with Crippen LogP contribution in [0.15, 0.2) is 36.4 Å². The molecule has 2 aromatic carbocycles. The monoisotopic (exact) mass is 298 g/mol. The van der Waals surface area contributed by atoms with E-state index in [2.05, 4.69) is 37.3 Å². The first-order valence-electron chi connectivity index (χ1n) is 7.17. The third kappa shape index (κ3) is 2.70. The molecule has 0 radical (unpaired) electrons. The maximum atomic E-state index is 12.3. The van der Waals surface area contributed by atoms with Crippen molar-refractivity contribution in [2.75, 3.05) is 6.61 Å². The molecule has 1 aliphatic heterocycles. The summed E-state index contributed by atoms with van der Waals surface area (Å²) in [5, 5.41) is 0. The largest absolute Gasteiger partial charge is 0.462 e. The van der Waals surface area contributed by atoms with Gasteiger partial charge in [0.1, 0.15) is 0 Å². The summed E-state index contributed by atoms with van der Waals surface area (Å²) in [7, 11) is 0. The molecule has 1 aliphatic rings. The lowest BCUT2D eigenvalue weighted by atomic mass is 9.91. The average Bonchev–Trinajstić information content (AvgIpc) is 2.96. The summed E-state index contributed by atoms with van der Waals surface area (Å²) in [5.74, 6) is 1.76. The molecule has 1 heterocycles. The first-order valence-corrected chi connectivity index (χ1v) is 8.33. The Labute approximate surface area is 129 Å². The maximum absolute atomic E-state index is 12.3. The van der Waals surface area contributed by atoms with E-state index in [4.69, 9.17) is 4.74 Å². The highest BCUT2D eigenvalue weighted by Crippen LogP contribution is 2.39. The molecule has 0 unspecified atom stereocenters. The molecule has 2 nitrogen and oxygen atoms in total. The van der Waals surface area contributed by atoms with Gasteiger partial charge < -0.3 is 4.74 Å². The maximum Gasteiger partial charge on any atom is 0.338 e. The van der Waals surface area contributed by atoms with Gasteiger partial charge in [0.15, 0.2) is 0 Å². The highest BCUT2D eigenvalue weighted by Gasteiger charge is 2.23. The number of benzene rings is 2. The summed E-state index contributed by atoms with van der Waals surface area (Å²) in [6.07, 6.45) is 0. The number of hydrogen-bond donors (Lipinski definition) is 0. The van der Waals surface area contributed by atoms with Gasteiger partial charge in [-0.15, -0.1) is 0 Å². The average molecular weight is 298 g/mol.